The van der Waals surface area contributed by atoms with Crippen molar-refractivity contribution in [3.8, 4) is 0 Å². The second kappa shape index (κ2) is 7.28. The molecule has 2 amide bonds. The lowest BCUT2D eigenvalue weighted by Crippen LogP contribution is -2.48. The summed E-state index contributed by atoms with van der Waals surface area (Å²) in [4.78, 5) is 26.2. The van der Waals surface area contributed by atoms with Gasteiger partial charge in [0.1, 0.15) is 5.82 Å². The average Bonchev–Trinajstić information content (AvgIpc) is 3.40. The standard InChI is InChI=1S/C19H29N5O/c1-2-23-10-8-16-5-6-17(13-23)24(16)19(25)20-9-7-14-11-21-18(22-12-14)15-3-4-15/h11-12,15-17H,2-10,13H2,1H3,(H,20,25)/t16-,17+/m1/s1. The molecule has 2 aliphatic heterocycles. The minimum absolute atomic E-state index is 0.112. The molecule has 1 saturated carbocycles. The Labute approximate surface area is 150 Å². The summed E-state index contributed by atoms with van der Waals surface area (Å²) in [5.41, 5.74) is 1.10. The number of carbonyl (C=O) groups excluding carboxylic acids is 1. The SMILES string of the molecule is CCN1CC[C@H]2CC[C@@H](C1)N2C(=O)NCCc1cnc(C2CC2)nc1. The Morgan fingerprint density at radius 1 is 1.16 bits per heavy atom. The van der Waals surface area contributed by atoms with Crippen LogP contribution in [0.1, 0.15) is 56.3 Å². The summed E-state index contributed by atoms with van der Waals surface area (Å²) in [6.45, 7) is 6.08. The Balaban J connectivity index is 1.28. The molecule has 2 bridgehead atoms. The Morgan fingerprint density at radius 3 is 2.64 bits per heavy atom. The minimum atomic E-state index is 0.112. The Morgan fingerprint density at radius 2 is 1.92 bits per heavy atom. The molecular weight excluding hydrogens is 314 g/mol. The molecule has 3 fully saturated rings. The zero-order valence-electron chi connectivity index (χ0n) is 15.2. The van der Waals surface area contributed by atoms with E-state index in [2.05, 4.69) is 32.0 Å². The molecule has 6 nitrogen and oxygen atoms in total. The van der Waals surface area contributed by atoms with Gasteiger partial charge in [-0.15, -0.1) is 0 Å². The molecule has 1 N–H and O–H groups in total. The van der Waals surface area contributed by atoms with Gasteiger partial charge in [-0.3, -0.25) is 0 Å². The lowest BCUT2D eigenvalue weighted by molar-refractivity contribution is 0.171. The van der Waals surface area contributed by atoms with E-state index < -0.39 is 0 Å². The van der Waals surface area contributed by atoms with Gasteiger partial charge >= 0.3 is 6.03 Å². The summed E-state index contributed by atoms with van der Waals surface area (Å²) in [6.07, 6.45) is 10.5. The first kappa shape index (κ1) is 16.8. The number of amides is 2. The fraction of sp³-hybridized carbons (Fsp3) is 0.737. The zero-order chi connectivity index (χ0) is 17.2. The molecule has 3 aliphatic rings. The van der Waals surface area contributed by atoms with E-state index in [9.17, 15) is 4.79 Å². The Kier molecular flexibility index (Phi) is 4.88. The number of likely N-dealkylation sites (N-methyl/N-ethyl adjacent to an activating group) is 1. The number of fused-ring (bicyclic) bond motifs is 2. The molecule has 0 aromatic carbocycles. The number of likely N-dealkylation sites (tertiary alicyclic amines) is 1. The summed E-state index contributed by atoms with van der Waals surface area (Å²) in [5, 5.41) is 3.12. The van der Waals surface area contributed by atoms with Crippen molar-refractivity contribution in [3.63, 3.8) is 0 Å². The van der Waals surface area contributed by atoms with E-state index in [1.807, 2.05) is 12.4 Å². The van der Waals surface area contributed by atoms with Crippen LogP contribution in [0.25, 0.3) is 0 Å². The Hall–Kier alpha value is -1.69. The van der Waals surface area contributed by atoms with Crippen LogP contribution in [0, 0.1) is 0 Å². The summed E-state index contributed by atoms with van der Waals surface area (Å²) < 4.78 is 0. The highest BCUT2D eigenvalue weighted by atomic mass is 16.2. The molecule has 1 aromatic heterocycles. The maximum atomic E-state index is 12.7. The van der Waals surface area contributed by atoms with Crippen molar-refractivity contribution in [1.82, 2.24) is 25.1 Å². The molecule has 4 rings (SSSR count). The number of nitrogens with zero attached hydrogens (tertiary/aromatic N) is 4. The van der Waals surface area contributed by atoms with Crippen molar-refractivity contribution in [2.45, 2.75) is 63.5 Å². The Bertz CT molecular complexity index is 600. The topological polar surface area (TPSA) is 61.4 Å². The lowest BCUT2D eigenvalue weighted by Gasteiger charge is -2.29. The van der Waals surface area contributed by atoms with E-state index in [4.69, 9.17) is 0 Å². The van der Waals surface area contributed by atoms with Crippen molar-refractivity contribution in [2.75, 3.05) is 26.2 Å². The first-order chi connectivity index (χ1) is 12.2. The third-order valence-corrected chi connectivity index (χ3v) is 5.91. The number of urea groups is 1. The third kappa shape index (κ3) is 3.78. The molecule has 2 atom stereocenters. The zero-order valence-corrected chi connectivity index (χ0v) is 15.2. The largest absolute Gasteiger partial charge is 0.338 e. The quantitative estimate of drug-likeness (QED) is 0.890. The third-order valence-electron chi connectivity index (χ3n) is 5.91. The van der Waals surface area contributed by atoms with Gasteiger partial charge in [0.15, 0.2) is 0 Å². The number of aromatic nitrogens is 2. The average molecular weight is 343 g/mol. The van der Waals surface area contributed by atoms with Crippen LogP contribution in [-0.4, -0.2) is 64.1 Å². The van der Waals surface area contributed by atoms with Gasteiger partial charge in [0.25, 0.3) is 0 Å². The minimum Gasteiger partial charge on any atom is -0.338 e. The molecule has 6 heteroatoms. The molecule has 25 heavy (non-hydrogen) atoms. The molecule has 1 aliphatic carbocycles. The highest BCUT2D eigenvalue weighted by Crippen LogP contribution is 2.37. The number of hydrogen-bond donors (Lipinski definition) is 1. The molecule has 2 saturated heterocycles. The molecule has 136 valence electrons. The molecule has 0 unspecified atom stereocenters. The van der Waals surface area contributed by atoms with Crippen molar-refractivity contribution in [3.05, 3.63) is 23.8 Å². The first-order valence-electron chi connectivity index (χ1n) is 9.84. The van der Waals surface area contributed by atoms with Crippen LogP contribution in [0.5, 0.6) is 0 Å². The second-order valence-corrected chi connectivity index (χ2v) is 7.68. The van der Waals surface area contributed by atoms with Gasteiger partial charge < -0.3 is 15.1 Å². The smallest absolute Gasteiger partial charge is 0.317 e. The van der Waals surface area contributed by atoms with E-state index in [0.717, 1.165) is 56.7 Å². The van der Waals surface area contributed by atoms with Crippen LogP contribution in [0.2, 0.25) is 0 Å². The van der Waals surface area contributed by atoms with Crippen molar-refractivity contribution >= 4 is 6.03 Å². The predicted molar refractivity (Wildman–Crippen MR) is 96.5 cm³/mol. The predicted octanol–water partition coefficient (Wildman–Crippen LogP) is 2.16. The lowest BCUT2D eigenvalue weighted by atomic mass is 10.1. The van der Waals surface area contributed by atoms with E-state index in [0.29, 0.717) is 24.5 Å². The van der Waals surface area contributed by atoms with Gasteiger partial charge in [-0.05, 0) is 50.6 Å². The van der Waals surface area contributed by atoms with E-state index >= 15 is 0 Å². The molecular formula is C19H29N5O. The van der Waals surface area contributed by atoms with Crippen LogP contribution < -0.4 is 5.32 Å². The number of rotatable bonds is 5. The normalized spacial score (nSPS) is 26.5. The van der Waals surface area contributed by atoms with Gasteiger partial charge in [0.05, 0.1) is 0 Å². The van der Waals surface area contributed by atoms with Gasteiger partial charge in [0, 0.05) is 50.0 Å². The fourth-order valence-electron chi connectivity index (χ4n) is 4.21. The molecule has 0 spiro atoms. The van der Waals surface area contributed by atoms with Crippen LogP contribution in [0.4, 0.5) is 4.79 Å². The summed E-state index contributed by atoms with van der Waals surface area (Å²) in [5.74, 6) is 1.57. The summed E-state index contributed by atoms with van der Waals surface area (Å²) >= 11 is 0. The molecule has 1 aromatic rings. The maximum Gasteiger partial charge on any atom is 0.317 e. The van der Waals surface area contributed by atoms with Gasteiger partial charge in [-0.2, -0.15) is 0 Å². The van der Waals surface area contributed by atoms with E-state index in [-0.39, 0.29) is 6.03 Å². The van der Waals surface area contributed by atoms with E-state index in [1.54, 1.807) is 0 Å². The maximum absolute atomic E-state index is 12.7. The fourth-order valence-corrected chi connectivity index (χ4v) is 4.21. The monoisotopic (exact) mass is 343 g/mol. The van der Waals surface area contributed by atoms with Crippen LogP contribution >= 0.6 is 0 Å². The summed E-state index contributed by atoms with van der Waals surface area (Å²) in [6, 6.07) is 0.914. The number of nitrogens with one attached hydrogen (secondary N) is 1. The van der Waals surface area contributed by atoms with Crippen LogP contribution in [-0.2, 0) is 6.42 Å². The highest BCUT2D eigenvalue weighted by Gasteiger charge is 2.39. The molecule has 3 heterocycles. The number of hydrogen-bond acceptors (Lipinski definition) is 4. The second-order valence-electron chi connectivity index (χ2n) is 7.68. The first-order valence-corrected chi connectivity index (χ1v) is 9.84. The van der Waals surface area contributed by atoms with Gasteiger partial charge in [-0.1, -0.05) is 6.92 Å². The highest BCUT2D eigenvalue weighted by molar-refractivity contribution is 5.75. The van der Waals surface area contributed by atoms with Gasteiger partial charge in [-0.25, -0.2) is 14.8 Å². The van der Waals surface area contributed by atoms with Crippen molar-refractivity contribution in [1.29, 1.82) is 0 Å². The number of carbonyl (C=O) groups is 1. The summed E-state index contributed by atoms with van der Waals surface area (Å²) in [7, 11) is 0. The molecule has 0 radical (unpaired) electrons. The van der Waals surface area contributed by atoms with Crippen molar-refractivity contribution < 1.29 is 4.79 Å². The van der Waals surface area contributed by atoms with Crippen LogP contribution in [0.3, 0.4) is 0 Å². The van der Waals surface area contributed by atoms with Crippen LogP contribution in [0.15, 0.2) is 12.4 Å². The van der Waals surface area contributed by atoms with E-state index in [1.165, 1.54) is 12.8 Å². The van der Waals surface area contributed by atoms with Gasteiger partial charge in [0.2, 0.25) is 0 Å². The van der Waals surface area contributed by atoms with Crippen molar-refractivity contribution in [2.24, 2.45) is 0 Å².